The van der Waals surface area contributed by atoms with Gasteiger partial charge >= 0.3 is 18.1 Å². The first-order chi connectivity index (χ1) is 17.9. The number of rotatable bonds is 8. The van der Waals surface area contributed by atoms with Crippen molar-refractivity contribution < 1.29 is 27.4 Å². The number of carbonyl (C=O) groups is 1. The molecule has 2 aromatic heterocycles. The molecule has 0 saturated heterocycles. The van der Waals surface area contributed by atoms with Crippen LogP contribution in [0, 0.1) is 0 Å². The van der Waals surface area contributed by atoms with Crippen molar-refractivity contribution in [1.29, 1.82) is 0 Å². The van der Waals surface area contributed by atoms with E-state index in [4.69, 9.17) is 16.3 Å². The summed E-state index contributed by atoms with van der Waals surface area (Å²) in [4.78, 5) is 42.0. The zero-order valence-electron chi connectivity index (χ0n) is 20.1. The number of aromatic nitrogens is 4. The fourth-order valence-electron chi connectivity index (χ4n) is 3.73. The van der Waals surface area contributed by atoms with Crippen LogP contribution in [0.25, 0.3) is 11.2 Å². The Morgan fingerprint density at radius 3 is 2.42 bits per heavy atom. The largest absolute Gasteiger partial charge is 0.573 e. The van der Waals surface area contributed by atoms with E-state index in [1.54, 1.807) is 24.3 Å². The van der Waals surface area contributed by atoms with Gasteiger partial charge in [-0.1, -0.05) is 29.8 Å². The Labute approximate surface area is 217 Å². The number of amides is 1. The molecule has 4 rings (SSSR count). The van der Waals surface area contributed by atoms with Crippen LogP contribution in [0.15, 0.2) is 58.1 Å². The molecule has 200 valence electrons. The number of benzene rings is 2. The highest BCUT2D eigenvalue weighted by Gasteiger charge is 2.31. The maximum Gasteiger partial charge on any atom is 0.573 e. The van der Waals surface area contributed by atoms with Crippen LogP contribution in [0.3, 0.4) is 0 Å². The minimum Gasteiger partial charge on any atom is -0.425 e. The molecule has 0 radical (unpaired) electrons. The van der Waals surface area contributed by atoms with E-state index < -0.39 is 23.4 Å². The number of imidazole rings is 1. The zero-order chi connectivity index (χ0) is 27.6. The second-order valence-corrected chi connectivity index (χ2v) is 8.62. The first kappa shape index (κ1) is 26.8. The fraction of sp³-hybridized carbons (Fsp3) is 0.250. The number of hydrogen-bond donors (Lipinski definition) is 1. The molecule has 0 aliphatic heterocycles. The van der Waals surface area contributed by atoms with Crippen molar-refractivity contribution in [2.24, 2.45) is 7.05 Å². The summed E-state index contributed by atoms with van der Waals surface area (Å²) in [6.07, 6.45) is -4.90. The highest BCUT2D eigenvalue weighted by atomic mass is 35.5. The summed E-state index contributed by atoms with van der Waals surface area (Å²) in [6.45, 7) is 1.31. The topological polar surface area (TPSA) is 109 Å². The van der Waals surface area contributed by atoms with Crippen molar-refractivity contribution in [3.8, 4) is 17.5 Å². The molecule has 2 heterocycles. The van der Waals surface area contributed by atoms with Crippen LogP contribution in [-0.4, -0.2) is 37.5 Å². The second-order valence-electron chi connectivity index (χ2n) is 8.19. The lowest BCUT2D eigenvalue weighted by atomic mass is 10.2. The zero-order valence-corrected chi connectivity index (χ0v) is 20.8. The summed E-state index contributed by atoms with van der Waals surface area (Å²) in [5.41, 5.74) is -0.634. The Morgan fingerprint density at radius 2 is 1.76 bits per heavy atom. The minimum absolute atomic E-state index is 0.00226. The van der Waals surface area contributed by atoms with Gasteiger partial charge in [-0.25, -0.2) is 4.79 Å². The Bertz CT molecular complexity index is 1610. The third-order valence-corrected chi connectivity index (χ3v) is 5.66. The van der Waals surface area contributed by atoms with Crippen LogP contribution in [0.5, 0.6) is 17.5 Å². The van der Waals surface area contributed by atoms with E-state index >= 15 is 0 Å². The quantitative estimate of drug-likeness (QED) is 0.359. The predicted octanol–water partition coefficient (Wildman–Crippen LogP) is 3.43. The normalized spacial score (nSPS) is 11.5. The van der Waals surface area contributed by atoms with E-state index in [0.29, 0.717) is 10.6 Å². The molecule has 0 atom stereocenters. The van der Waals surface area contributed by atoms with Crippen LogP contribution in [-0.2, 0) is 24.9 Å². The lowest BCUT2D eigenvalue weighted by Crippen LogP contribution is -2.42. The van der Waals surface area contributed by atoms with Crippen molar-refractivity contribution in [2.45, 2.75) is 26.4 Å². The van der Waals surface area contributed by atoms with Gasteiger partial charge in [-0.15, -0.1) is 13.2 Å². The standard InChI is InChI=1S/C24H21ClF3N5O5/c1-14(34)29-10-11-32-21(35)19-20(31(2)23(32)36)30-22(33(19)13-15-6-8-16(25)9-7-15)37-17-4-3-5-18(12-17)38-24(26,27)28/h3-9,12H,10-11,13H2,1-2H3,(H,29,34). The average Bonchev–Trinajstić information content (AvgIpc) is 3.18. The average molecular weight is 552 g/mol. The molecule has 0 unspecified atom stereocenters. The molecular weight excluding hydrogens is 531 g/mol. The summed E-state index contributed by atoms with van der Waals surface area (Å²) in [5, 5.41) is 3.03. The van der Waals surface area contributed by atoms with Gasteiger partial charge in [-0.2, -0.15) is 4.98 Å². The molecule has 38 heavy (non-hydrogen) atoms. The Hall–Kier alpha value is -4.26. The first-order valence-electron chi connectivity index (χ1n) is 11.2. The summed E-state index contributed by atoms with van der Waals surface area (Å²) in [7, 11) is 1.42. The van der Waals surface area contributed by atoms with E-state index in [0.717, 1.165) is 21.3 Å². The molecular formula is C24H21ClF3N5O5. The summed E-state index contributed by atoms with van der Waals surface area (Å²) in [5.74, 6) is -0.880. The first-order valence-corrected chi connectivity index (χ1v) is 11.5. The molecule has 0 aliphatic rings. The van der Waals surface area contributed by atoms with Gasteiger partial charge < -0.3 is 14.8 Å². The van der Waals surface area contributed by atoms with Gasteiger partial charge in [0, 0.05) is 38.1 Å². The smallest absolute Gasteiger partial charge is 0.425 e. The molecule has 10 nitrogen and oxygen atoms in total. The number of ether oxygens (including phenoxy) is 2. The van der Waals surface area contributed by atoms with Gasteiger partial charge in [0.1, 0.15) is 11.5 Å². The Balaban J connectivity index is 1.84. The van der Waals surface area contributed by atoms with Crippen molar-refractivity contribution in [2.75, 3.05) is 6.54 Å². The van der Waals surface area contributed by atoms with Crippen molar-refractivity contribution in [3.63, 3.8) is 0 Å². The molecule has 0 spiro atoms. The van der Waals surface area contributed by atoms with Gasteiger partial charge in [0.2, 0.25) is 5.91 Å². The van der Waals surface area contributed by atoms with Gasteiger partial charge in [0.05, 0.1) is 6.54 Å². The van der Waals surface area contributed by atoms with Gasteiger partial charge in [-0.3, -0.25) is 23.3 Å². The van der Waals surface area contributed by atoms with Crippen LogP contribution in [0.1, 0.15) is 12.5 Å². The summed E-state index contributed by atoms with van der Waals surface area (Å²) in [6, 6.07) is 11.4. The molecule has 14 heteroatoms. The third-order valence-electron chi connectivity index (χ3n) is 5.41. The van der Waals surface area contributed by atoms with E-state index in [2.05, 4.69) is 15.0 Å². The van der Waals surface area contributed by atoms with E-state index in [1.807, 2.05) is 0 Å². The monoisotopic (exact) mass is 551 g/mol. The van der Waals surface area contributed by atoms with Crippen molar-refractivity contribution >= 4 is 28.7 Å². The van der Waals surface area contributed by atoms with Crippen LogP contribution in [0.4, 0.5) is 13.2 Å². The minimum atomic E-state index is -4.90. The molecule has 0 bridgehead atoms. The Morgan fingerprint density at radius 1 is 1.08 bits per heavy atom. The summed E-state index contributed by atoms with van der Waals surface area (Å²) >= 11 is 5.99. The maximum absolute atomic E-state index is 13.5. The van der Waals surface area contributed by atoms with Crippen LogP contribution >= 0.6 is 11.6 Å². The molecule has 2 aromatic carbocycles. The maximum atomic E-state index is 13.5. The second kappa shape index (κ2) is 10.6. The SMILES string of the molecule is CC(=O)NCCn1c(=O)c2c(nc(Oc3cccc(OC(F)(F)F)c3)n2Cc2ccc(Cl)cc2)n(C)c1=O. The van der Waals surface area contributed by atoms with Crippen LogP contribution < -0.4 is 26.0 Å². The van der Waals surface area contributed by atoms with Gasteiger partial charge in [0.15, 0.2) is 11.2 Å². The third kappa shape index (κ3) is 5.99. The predicted molar refractivity (Wildman–Crippen MR) is 132 cm³/mol. The molecule has 0 saturated carbocycles. The highest BCUT2D eigenvalue weighted by molar-refractivity contribution is 6.30. The van der Waals surface area contributed by atoms with E-state index in [1.165, 1.54) is 30.7 Å². The van der Waals surface area contributed by atoms with Crippen LogP contribution in [0.2, 0.25) is 5.02 Å². The number of carbonyl (C=O) groups excluding carboxylic acids is 1. The Kier molecular flexibility index (Phi) is 7.49. The number of aryl methyl sites for hydroxylation is 1. The van der Waals surface area contributed by atoms with Crippen molar-refractivity contribution in [1.82, 2.24) is 24.0 Å². The van der Waals surface area contributed by atoms with E-state index in [9.17, 15) is 27.6 Å². The highest BCUT2D eigenvalue weighted by Crippen LogP contribution is 2.30. The lowest BCUT2D eigenvalue weighted by Gasteiger charge is -2.13. The number of nitrogens with zero attached hydrogens (tertiary/aromatic N) is 4. The molecule has 1 N–H and O–H groups in total. The number of hydrogen-bond acceptors (Lipinski definition) is 6. The fourth-order valence-corrected chi connectivity index (χ4v) is 3.86. The number of alkyl halides is 3. The summed E-state index contributed by atoms with van der Waals surface area (Å²) < 4.78 is 51.3. The molecule has 1 amide bonds. The number of nitrogens with one attached hydrogen (secondary N) is 1. The van der Waals surface area contributed by atoms with Crippen molar-refractivity contribution in [3.05, 3.63) is 80.0 Å². The van der Waals surface area contributed by atoms with Gasteiger partial charge in [0.25, 0.3) is 5.56 Å². The molecule has 4 aromatic rings. The number of fused-ring (bicyclic) bond motifs is 1. The molecule has 0 aliphatic carbocycles. The van der Waals surface area contributed by atoms with E-state index in [-0.39, 0.29) is 48.5 Å². The van der Waals surface area contributed by atoms with Gasteiger partial charge in [-0.05, 0) is 29.8 Å². The number of halogens is 4. The lowest BCUT2D eigenvalue weighted by molar-refractivity contribution is -0.274. The molecule has 0 fully saturated rings.